The van der Waals surface area contributed by atoms with E-state index in [1.165, 1.54) is 5.56 Å². The molecule has 2 aromatic carbocycles. The van der Waals surface area contributed by atoms with Crippen LogP contribution in [0.25, 0.3) is 12.2 Å². The van der Waals surface area contributed by atoms with Gasteiger partial charge in [0, 0.05) is 5.56 Å². The van der Waals surface area contributed by atoms with Crippen LogP contribution >= 0.6 is 0 Å². The summed E-state index contributed by atoms with van der Waals surface area (Å²) in [6.45, 7) is 4.04. The Morgan fingerprint density at radius 2 is 1.70 bits per heavy atom. The van der Waals surface area contributed by atoms with E-state index < -0.39 is 5.97 Å². The second kappa shape index (κ2) is 8.08. The van der Waals surface area contributed by atoms with E-state index >= 15 is 0 Å². The Morgan fingerprint density at radius 3 is 2.39 bits per heavy atom. The van der Waals surface area contributed by atoms with Crippen LogP contribution in [0.1, 0.15) is 40.4 Å². The quantitative estimate of drug-likeness (QED) is 0.346. The molecule has 3 heteroatoms. The molecule has 0 saturated carbocycles. The number of hydrogen-bond acceptors (Lipinski definition) is 3. The molecule has 0 heterocycles. The third-order valence-corrected chi connectivity index (χ3v) is 3.40. The molecule has 0 spiro atoms. The number of Topliss-reactive ketones (excluding diaryl/α,β-unsaturated/α-hetero) is 1. The highest BCUT2D eigenvalue weighted by atomic mass is 16.5. The van der Waals surface area contributed by atoms with Crippen molar-refractivity contribution in [1.82, 2.24) is 0 Å². The lowest BCUT2D eigenvalue weighted by Gasteiger charge is -2.05. The van der Waals surface area contributed by atoms with Crippen LogP contribution in [0.15, 0.2) is 48.5 Å². The largest absolute Gasteiger partial charge is 0.466 e. The number of ether oxygens (including phenoxy) is 1. The van der Waals surface area contributed by atoms with Crippen LogP contribution in [0.3, 0.4) is 0 Å². The minimum absolute atomic E-state index is 0.229. The molecule has 0 aliphatic heterocycles. The number of hydrogen-bond donors (Lipinski definition) is 0. The SMILES string of the molecule is CCOC(=O)CC(=O)c1ccccc1/C=C/c1ccc(C)cc1. The molecule has 0 radical (unpaired) electrons. The van der Waals surface area contributed by atoms with E-state index in [1.807, 2.05) is 55.5 Å². The number of benzene rings is 2. The lowest BCUT2D eigenvalue weighted by atomic mass is 10.0. The summed E-state index contributed by atoms with van der Waals surface area (Å²) < 4.78 is 4.84. The van der Waals surface area contributed by atoms with Crippen LogP contribution < -0.4 is 0 Å². The van der Waals surface area contributed by atoms with Crippen molar-refractivity contribution < 1.29 is 14.3 Å². The predicted molar refractivity (Wildman–Crippen MR) is 92.1 cm³/mol. The minimum Gasteiger partial charge on any atom is -0.466 e. The third-order valence-electron chi connectivity index (χ3n) is 3.40. The zero-order chi connectivity index (χ0) is 16.7. The van der Waals surface area contributed by atoms with E-state index in [0.29, 0.717) is 5.56 Å². The normalized spacial score (nSPS) is 10.7. The van der Waals surface area contributed by atoms with Crippen LogP contribution in [-0.2, 0) is 9.53 Å². The van der Waals surface area contributed by atoms with Crippen molar-refractivity contribution in [3.63, 3.8) is 0 Å². The minimum atomic E-state index is -0.491. The standard InChI is InChI=1S/C20H20O3/c1-3-23-20(22)14-19(21)18-7-5-4-6-17(18)13-12-16-10-8-15(2)9-11-16/h4-13H,3,14H2,1-2H3/b13-12+. The van der Waals surface area contributed by atoms with Gasteiger partial charge in [0.1, 0.15) is 6.42 Å². The maximum atomic E-state index is 12.3. The molecule has 0 saturated heterocycles. The fourth-order valence-corrected chi connectivity index (χ4v) is 2.20. The van der Waals surface area contributed by atoms with E-state index in [0.717, 1.165) is 11.1 Å². The van der Waals surface area contributed by atoms with Gasteiger partial charge in [-0.05, 0) is 25.0 Å². The summed E-state index contributed by atoms with van der Waals surface area (Å²) in [5.41, 5.74) is 3.58. The molecule has 0 aliphatic rings. The number of rotatable bonds is 6. The molecule has 23 heavy (non-hydrogen) atoms. The fourth-order valence-electron chi connectivity index (χ4n) is 2.20. The highest BCUT2D eigenvalue weighted by Gasteiger charge is 2.14. The highest BCUT2D eigenvalue weighted by molar-refractivity contribution is 6.08. The molecule has 2 rings (SSSR count). The zero-order valence-corrected chi connectivity index (χ0v) is 13.4. The molecule has 0 aliphatic carbocycles. The van der Waals surface area contributed by atoms with Gasteiger partial charge in [-0.2, -0.15) is 0 Å². The van der Waals surface area contributed by atoms with E-state index in [2.05, 4.69) is 0 Å². The summed E-state index contributed by atoms with van der Waals surface area (Å²) in [7, 11) is 0. The van der Waals surface area contributed by atoms with Gasteiger partial charge >= 0.3 is 5.97 Å². The predicted octanol–water partition coefficient (Wildman–Crippen LogP) is 4.30. The fraction of sp³-hybridized carbons (Fsp3) is 0.200. The van der Waals surface area contributed by atoms with Crippen molar-refractivity contribution in [3.05, 3.63) is 70.8 Å². The molecular weight excluding hydrogens is 288 g/mol. The summed E-state index contributed by atoms with van der Waals surface area (Å²) in [6.07, 6.45) is 3.61. The van der Waals surface area contributed by atoms with Crippen LogP contribution in [0.2, 0.25) is 0 Å². The zero-order valence-electron chi connectivity index (χ0n) is 13.4. The van der Waals surface area contributed by atoms with Crippen molar-refractivity contribution in [1.29, 1.82) is 0 Å². The van der Waals surface area contributed by atoms with Gasteiger partial charge in [0.2, 0.25) is 0 Å². The van der Waals surface area contributed by atoms with Crippen LogP contribution in [0.4, 0.5) is 0 Å². The van der Waals surface area contributed by atoms with Gasteiger partial charge in [0.15, 0.2) is 5.78 Å². The summed E-state index contributed by atoms with van der Waals surface area (Å²) in [5.74, 6) is -0.720. The molecule has 2 aromatic rings. The third kappa shape index (κ3) is 4.92. The van der Waals surface area contributed by atoms with Crippen LogP contribution in [0.5, 0.6) is 0 Å². The topological polar surface area (TPSA) is 43.4 Å². The average Bonchev–Trinajstić information content (AvgIpc) is 2.55. The van der Waals surface area contributed by atoms with Gasteiger partial charge in [0.25, 0.3) is 0 Å². The van der Waals surface area contributed by atoms with Gasteiger partial charge in [-0.15, -0.1) is 0 Å². The summed E-state index contributed by atoms with van der Waals surface area (Å²) in [6, 6.07) is 15.4. The van der Waals surface area contributed by atoms with E-state index in [1.54, 1.807) is 19.1 Å². The van der Waals surface area contributed by atoms with Gasteiger partial charge < -0.3 is 4.74 Å². The van der Waals surface area contributed by atoms with Crippen molar-refractivity contribution in [2.75, 3.05) is 6.61 Å². The number of esters is 1. The highest BCUT2D eigenvalue weighted by Crippen LogP contribution is 2.16. The first-order valence-corrected chi connectivity index (χ1v) is 7.62. The number of aryl methyl sites for hydroxylation is 1. The van der Waals surface area contributed by atoms with E-state index in [4.69, 9.17) is 4.74 Å². The van der Waals surface area contributed by atoms with Gasteiger partial charge in [0.05, 0.1) is 6.61 Å². The molecular formula is C20H20O3. The second-order valence-corrected chi connectivity index (χ2v) is 5.24. The van der Waals surface area contributed by atoms with E-state index in [9.17, 15) is 9.59 Å². The monoisotopic (exact) mass is 308 g/mol. The second-order valence-electron chi connectivity index (χ2n) is 5.24. The Bertz CT molecular complexity index is 712. The van der Waals surface area contributed by atoms with Crippen LogP contribution in [0, 0.1) is 6.92 Å². The molecule has 118 valence electrons. The molecule has 3 nitrogen and oxygen atoms in total. The smallest absolute Gasteiger partial charge is 0.313 e. The van der Waals surface area contributed by atoms with Gasteiger partial charge in [-0.3, -0.25) is 9.59 Å². The number of carbonyl (C=O) groups excluding carboxylic acids is 2. The first kappa shape index (κ1) is 16.7. The Hall–Kier alpha value is -2.68. The van der Waals surface area contributed by atoms with Gasteiger partial charge in [-0.25, -0.2) is 0 Å². The van der Waals surface area contributed by atoms with Gasteiger partial charge in [-0.1, -0.05) is 66.2 Å². The number of ketones is 1. The Balaban J connectivity index is 2.18. The van der Waals surface area contributed by atoms with Crippen molar-refractivity contribution in [2.45, 2.75) is 20.3 Å². The van der Waals surface area contributed by atoms with Crippen LogP contribution in [-0.4, -0.2) is 18.4 Å². The Morgan fingerprint density at radius 1 is 1.00 bits per heavy atom. The first-order valence-electron chi connectivity index (χ1n) is 7.62. The number of carbonyl (C=O) groups is 2. The molecule has 0 aromatic heterocycles. The molecule has 0 amide bonds. The lowest BCUT2D eigenvalue weighted by Crippen LogP contribution is -2.12. The maximum Gasteiger partial charge on any atom is 0.313 e. The van der Waals surface area contributed by atoms with Crippen molar-refractivity contribution in [3.8, 4) is 0 Å². The molecule has 0 N–H and O–H groups in total. The Labute approximate surface area is 136 Å². The van der Waals surface area contributed by atoms with Crippen molar-refractivity contribution >= 4 is 23.9 Å². The molecule has 0 bridgehead atoms. The van der Waals surface area contributed by atoms with E-state index in [-0.39, 0.29) is 18.8 Å². The average molecular weight is 308 g/mol. The molecule has 0 unspecified atom stereocenters. The lowest BCUT2D eigenvalue weighted by molar-refractivity contribution is -0.141. The summed E-state index contributed by atoms with van der Waals surface area (Å²) >= 11 is 0. The first-order chi connectivity index (χ1) is 11.1. The molecule has 0 fully saturated rings. The summed E-state index contributed by atoms with van der Waals surface area (Å²) in [4.78, 5) is 23.8. The summed E-state index contributed by atoms with van der Waals surface area (Å²) in [5, 5.41) is 0. The maximum absolute atomic E-state index is 12.3. The Kier molecular flexibility index (Phi) is 5.87. The van der Waals surface area contributed by atoms with Crippen molar-refractivity contribution in [2.24, 2.45) is 0 Å². The molecule has 0 atom stereocenters.